The van der Waals surface area contributed by atoms with Crippen molar-refractivity contribution >= 4 is 55.1 Å². The first-order chi connectivity index (χ1) is 14.9. The number of hydrogen-bond donors (Lipinski definition) is 0. The Morgan fingerprint density at radius 1 is 1.16 bits per heavy atom. The Bertz CT molecular complexity index is 1460. The van der Waals surface area contributed by atoms with Crippen LogP contribution in [0, 0.1) is 6.92 Å². The SMILES string of the molecule is CC(=O)c1sc(N2C(=O)c3oc4ccccc4c(=O)c3[C@H]2c2cccc(Br)c2)nc1C. The molecule has 5 rings (SSSR count). The molecule has 3 heterocycles. The zero-order valence-corrected chi connectivity index (χ0v) is 18.9. The number of rotatable bonds is 3. The minimum atomic E-state index is -0.716. The van der Waals surface area contributed by atoms with Crippen LogP contribution in [0.2, 0.25) is 0 Å². The number of halogens is 1. The van der Waals surface area contributed by atoms with Crippen LogP contribution in [0.1, 0.15) is 50.0 Å². The highest BCUT2D eigenvalue weighted by Gasteiger charge is 2.45. The van der Waals surface area contributed by atoms with Gasteiger partial charge >= 0.3 is 0 Å². The molecule has 4 aromatic rings. The van der Waals surface area contributed by atoms with Gasteiger partial charge < -0.3 is 4.42 Å². The van der Waals surface area contributed by atoms with Gasteiger partial charge in [0.25, 0.3) is 5.91 Å². The molecule has 154 valence electrons. The van der Waals surface area contributed by atoms with Crippen LogP contribution < -0.4 is 10.3 Å². The maximum absolute atomic E-state index is 13.5. The number of fused-ring (bicyclic) bond motifs is 2. The van der Waals surface area contributed by atoms with Crippen molar-refractivity contribution in [3.05, 3.63) is 90.7 Å². The number of ketones is 1. The molecule has 0 saturated heterocycles. The van der Waals surface area contributed by atoms with E-state index in [-0.39, 0.29) is 22.5 Å². The highest BCUT2D eigenvalue weighted by molar-refractivity contribution is 9.10. The Morgan fingerprint density at radius 3 is 2.65 bits per heavy atom. The molecule has 0 aliphatic carbocycles. The van der Waals surface area contributed by atoms with Gasteiger partial charge in [-0.05, 0) is 36.8 Å². The summed E-state index contributed by atoms with van der Waals surface area (Å²) in [5.41, 5.74) is 1.67. The van der Waals surface area contributed by atoms with E-state index in [4.69, 9.17) is 4.42 Å². The lowest BCUT2D eigenvalue weighted by Gasteiger charge is -2.22. The van der Waals surface area contributed by atoms with E-state index in [1.165, 1.54) is 11.8 Å². The summed E-state index contributed by atoms with van der Waals surface area (Å²) >= 11 is 4.61. The number of para-hydroxylation sites is 1. The van der Waals surface area contributed by atoms with E-state index in [9.17, 15) is 14.4 Å². The fraction of sp³-hybridized carbons (Fsp3) is 0.130. The first-order valence-electron chi connectivity index (χ1n) is 9.50. The van der Waals surface area contributed by atoms with Crippen molar-refractivity contribution in [1.82, 2.24) is 4.98 Å². The van der Waals surface area contributed by atoms with Crippen molar-refractivity contribution in [2.45, 2.75) is 19.9 Å². The Labute approximate surface area is 189 Å². The molecule has 0 spiro atoms. The summed E-state index contributed by atoms with van der Waals surface area (Å²) in [4.78, 5) is 45.4. The van der Waals surface area contributed by atoms with Crippen LogP contribution in [0.15, 0.2) is 62.2 Å². The molecule has 0 fully saturated rings. The highest BCUT2D eigenvalue weighted by atomic mass is 79.9. The third-order valence-corrected chi connectivity index (χ3v) is 7.00. The van der Waals surface area contributed by atoms with Crippen LogP contribution in [0.5, 0.6) is 0 Å². The van der Waals surface area contributed by atoms with Crippen molar-refractivity contribution < 1.29 is 14.0 Å². The number of carbonyl (C=O) groups is 2. The molecule has 0 bridgehead atoms. The standard InChI is InChI=1S/C23H15BrN2O4S/c1-11-21(12(2)27)31-23(25-11)26-18(13-6-5-7-14(24)10-13)17-19(28)15-8-3-4-9-16(15)30-20(17)22(26)29/h3-10,18H,1-2H3/t18-/m1/s1. The topological polar surface area (TPSA) is 80.5 Å². The molecule has 1 aliphatic rings. The van der Waals surface area contributed by atoms with Gasteiger partial charge in [0, 0.05) is 11.4 Å². The minimum Gasteiger partial charge on any atom is -0.450 e. The second-order valence-electron chi connectivity index (χ2n) is 7.27. The molecule has 1 atom stereocenters. The monoisotopic (exact) mass is 494 g/mol. The number of anilines is 1. The number of thiazole rings is 1. The zero-order valence-electron chi connectivity index (χ0n) is 16.5. The number of aromatic nitrogens is 1. The fourth-order valence-corrected chi connectivity index (χ4v) is 5.33. The largest absolute Gasteiger partial charge is 0.450 e. The van der Waals surface area contributed by atoms with Gasteiger partial charge in [-0.15, -0.1) is 0 Å². The second kappa shape index (κ2) is 7.25. The van der Waals surface area contributed by atoms with Crippen molar-refractivity contribution in [2.75, 3.05) is 4.90 Å². The first-order valence-corrected chi connectivity index (χ1v) is 11.1. The molecular weight excluding hydrogens is 480 g/mol. The normalized spacial score (nSPS) is 15.5. The molecule has 31 heavy (non-hydrogen) atoms. The van der Waals surface area contributed by atoms with Gasteiger partial charge in [0.05, 0.1) is 27.6 Å². The molecule has 0 unspecified atom stereocenters. The molecule has 6 nitrogen and oxygen atoms in total. The van der Waals surface area contributed by atoms with Crippen LogP contribution in [0.4, 0.5) is 5.13 Å². The van der Waals surface area contributed by atoms with Crippen LogP contribution in [0.25, 0.3) is 11.0 Å². The van der Waals surface area contributed by atoms with E-state index >= 15 is 0 Å². The summed E-state index contributed by atoms with van der Waals surface area (Å²) in [6, 6.07) is 13.6. The number of carbonyl (C=O) groups excluding carboxylic acids is 2. The summed E-state index contributed by atoms with van der Waals surface area (Å²) in [6.45, 7) is 3.20. The quantitative estimate of drug-likeness (QED) is 0.362. The van der Waals surface area contributed by atoms with Crippen molar-refractivity contribution in [3.63, 3.8) is 0 Å². The molecule has 8 heteroatoms. The molecule has 1 aliphatic heterocycles. The molecular formula is C23H15BrN2O4S. The van der Waals surface area contributed by atoms with Gasteiger partial charge in [0.15, 0.2) is 16.3 Å². The molecule has 1 amide bonds. The Hall–Kier alpha value is -3.10. The predicted molar refractivity (Wildman–Crippen MR) is 122 cm³/mol. The number of Topliss-reactive ketones (excluding diaryl/α,β-unsaturated/α-hetero) is 1. The first kappa shape index (κ1) is 19.8. The highest BCUT2D eigenvalue weighted by Crippen LogP contribution is 2.43. The Balaban J connectivity index is 1.81. The minimum absolute atomic E-state index is 0.00547. The number of benzene rings is 2. The van der Waals surface area contributed by atoms with Crippen molar-refractivity contribution in [2.24, 2.45) is 0 Å². The molecule has 0 radical (unpaired) electrons. The van der Waals surface area contributed by atoms with Crippen molar-refractivity contribution in [3.8, 4) is 0 Å². The molecule has 2 aromatic heterocycles. The van der Waals surface area contributed by atoms with Crippen LogP contribution in [-0.2, 0) is 0 Å². The summed E-state index contributed by atoms with van der Waals surface area (Å²) in [5.74, 6) is -0.568. The Kier molecular flexibility index (Phi) is 4.64. The second-order valence-corrected chi connectivity index (χ2v) is 9.16. The fourth-order valence-electron chi connectivity index (χ4n) is 3.92. The predicted octanol–water partition coefficient (Wildman–Crippen LogP) is 5.27. The number of hydrogen-bond acceptors (Lipinski definition) is 6. The smallest absolute Gasteiger partial charge is 0.297 e. The van der Waals surface area contributed by atoms with Gasteiger partial charge in [-0.1, -0.05) is 51.5 Å². The summed E-state index contributed by atoms with van der Waals surface area (Å²) in [7, 11) is 0. The summed E-state index contributed by atoms with van der Waals surface area (Å²) in [5, 5.41) is 0.767. The number of aryl methyl sites for hydroxylation is 1. The van der Waals surface area contributed by atoms with Gasteiger partial charge in [-0.3, -0.25) is 19.3 Å². The number of amides is 1. The lowest BCUT2D eigenvalue weighted by molar-refractivity contribution is 0.0969. The van der Waals surface area contributed by atoms with Crippen molar-refractivity contribution in [1.29, 1.82) is 0 Å². The number of nitrogens with zero attached hydrogens (tertiary/aromatic N) is 2. The maximum Gasteiger partial charge on any atom is 0.297 e. The summed E-state index contributed by atoms with van der Waals surface area (Å²) < 4.78 is 6.74. The lowest BCUT2D eigenvalue weighted by Crippen LogP contribution is -2.29. The van der Waals surface area contributed by atoms with Gasteiger partial charge in [-0.25, -0.2) is 4.98 Å². The average molecular weight is 495 g/mol. The summed E-state index contributed by atoms with van der Waals surface area (Å²) in [6.07, 6.45) is 0. The van der Waals surface area contributed by atoms with Gasteiger partial charge in [0.2, 0.25) is 5.76 Å². The Morgan fingerprint density at radius 2 is 1.94 bits per heavy atom. The average Bonchev–Trinajstić information content (AvgIpc) is 3.26. The van der Waals surface area contributed by atoms with E-state index in [1.807, 2.05) is 24.3 Å². The van der Waals surface area contributed by atoms with E-state index in [0.29, 0.717) is 26.7 Å². The van der Waals surface area contributed by atoms with Gasteiger partial charge in [-0.2, -0.15) is 0 Å². The van der Waals surface area contributed by atoms with E-state index in [2.05, 4.69) is 20.9 Å². The van der Waals surface area contributed by atoms with E-state index < -0.39 is 11.9 Å². The third kappa shape index (κ3) is 3.05. The molecule has 2 aromatic carbocycles. The maximum atomic E-state index is 13.5. The van der Waals surface area contributed by atoms with E-state index in [0.717, 1.165) is 21.4 Å². The molecule has 0 saturated carbocycles. The zero-order chi connectivity index (χ0) is 21.9. The van der Waals surface area contributed by atoms with Crippen LogP contribution >= 0.6 is 27.3 Å². The third-order valence-electron chi connectivity index (χ3n) is 5.25. The van der Waals surface area contributed by atoms with Gasteiger partial charge in [0.1, 0.15) is 5.58 Å². The van der Waals surface area contributed by atoms with E-state index in [1.54, 1.807) is 31.2 Å². The van der Waals surface area contributed by atoms with Crippen LogP contribution in [-0.4, -0.2) is 16.7 Å². The lowest BCUT2D eigenvalue weighted by atomic mass is 9.99. The molecule has 0 N–H and O–H groups in total. The van der Waals surface area contributed by atoms with Crippen LogP contribution in [0.3, 0.4) is 0 Å².